The molecule has 0 saturated carbocycles. The van der Waals surface area contributed by atoms with Crippen LogP contribution in [-0.2, 0) is 6.54 Å². The molecule has 0 aliphatic heterocycles. The Hall–Kier alpha value is -2.04. The number of hydrogen-bond acceptors (Lipinski definition) is 2. The number of ketones is 1. The van der Waals surface area contributed by atoms with Crippen molar-refractivity contribution in [3.63, 3.8) is 0 Å². The van der Waals surface area contributed by atoms with Crippen molar-refractivity contribution in [1.29, 1.82) is 0 Å². The molecule has 0 aliphatic carbocycles. The summed E-state index contributed by atoms with van der Waals surface area (Å²) in [6.45, 7) is 1.79. The van der Waals surface area contributed by atoms with Gasteiger partial charge in [0.2, 0.25) is 0 Å². The Labute approximate surface area is 138 Å². The highest BCUT2D eigenvalue weighted by Gasteiger charge is 2.05. The molecule has 2 rings (SSSR count). The third-order valence-corrected chi connectivity index (χ3v) is 3.70. The molecule has 4 nitrogen and oxygen atoms in total. The van der Waals surface area contributed by atoms with Crippen LogP contribution in [0.4, 0.5) is 10.5 Å². The average molecular weight is 337 g/mol. The zero-order valence-electron chi connectivity index (χ0n) is 11.8. The number of halogens is 2. The Balaban J connectivity index is 1.94. The zero-order valence-corrected chi connectivity index (χ0v) is 13.3. The molecule has 0 aromatic heterocycles. The summed E-state index contributed by atoms with van der Waals surface area (Å²) < 4.78 is 0. The molecule has 114 valence electrons. The van der Waals surface area contributed by atoms with Gasteiger partial charge < -0.3 is 10.6 Å². The Bertz CT molecular complexity index is 717. The molecular weight excluding hydrogens is 323 g/mol. The number of benzene rings is 2. The summed E-state index contributed by atoms with van der Waals surface area (Å²) in [5.74, 6) is -0.0557. The topological polar surface area (TPSA) is 58.2 Å². The number of amides is 2. The highest BCUT2D eigenvalue weighted by Crippen LogP contribution is 2.22. The van der Waals surface area contributed by atoms with Crippen molar-refractivity contribution >= 4 is 40.7 Å². The molecule has 0 atom stereocenters. The fourth-order valence-corrected chi connectivity index (χ4v) is 2.14. The first-order chi connectivity index (χ1) is 10.5. The lowest BCUT2D eigenvalue weighted by molar-refractivity contribution is 0.101. The molecule has 2 N–H and O–H groups in total. The van der Waals surface area contributed by atoms with Crippen molar-refractivity contribution in [2.45, 2.75) is 13.5 Å². The van der Waals surface area contributed by atoms with Gasteiger partial charge in [-0.1, -0.05) is 41.4 Å². The van der Waals surface area contributed by atoms with Crippen molar-refractivity contribution in [3.05, 3.63) is 63.6 Å². The summed E-state index contributed by atoms with van der Waals surface area (Å²) in [4.78, 5) is 23.2. The number of rotatable bonds is 4. The maximum absolute atomic E-state index is 11.9. The second-order valence-corrected chi connectivity index (χ2v) is 5.51. The number of carbonyl (C=O) groups excluding carboxylic acids is 2. The number of carbonyl (C=O) groups is 2. The fraction of sp³-hybridized carbons (Fsp3) is 0.125. The van der Waals surface area contributed by atoms with Crippen LogP contribution in [0.2, 0.25) is 10.0 Å². The lowest BCUT2D eigenvalue weighted by Crippen LogP contribution is -2.28. The van der Waals surface area contributed by atoms with E-state index < -0.39 is 0 Å². The molecular formula is C16H14Cl2N2O2. The summed E-state index contributed by atoms with van der Waals surface area (Å²) in [7, 11) is 0. The molecule has 0 saturated heterocycles. The Morgan fingerprint density at radius 2 is 1.82 bits per heavy atom. The van der Waals surface area contributed by atoms with Crippen LogP contribution in [-0.4, -0.2) is 11.8 Å². The lowest BCUT2D eigenvalue weighted by atomic mass is 10.1. The van der Waals surface area contributed by atoms with Crippen molar-refractivity contribution < 1.29 is 9.59 Å². The van der Waals surface area contributed by atoms with E-state index in [0.717, 1.165) is 5.56 Å². The Kier molecular flexibility index (Phi) is 5.41. The van der Waals surface area contributed by atoms with Gasteiger partial charge in [-0.2, -0.15) is 0 Å². The molecule has 0 unspecified atom stereocenters. The van der Waals surface area contributed by atoms with Crippen molar-refractivity contribution in [2.24, 2.45) is 0 Å². The van der Waals surface area contributed by atoms with Gasteiger partial charge in [-0.25, -0.2) is 4.79 Å². The Morgan fingerprint density at radius 3 is 2.50 bits per heavy atom. The van der Waals surface area contributed by atoms with Gasteiger partial charge in [0.05, 0.1) is 10.0 Å². The van der Waals surface area contributed by atoms with E-state index in [0.29, 0.717) is 27.8 Å². The molecule has 0 spiro atoms. The molecule has 2 amide bonds. The Morgan fingerprint density at radius 1 is 1.05 bits per heavy atom. The minimum atomic E-state index is -0.369. The SMILES string of the molecule is CC(=O)c1cccc(NC(=O)NCc2ccc(Cl)c(Cl)c2)c1. The van der Waals surface area contributed by atoms with Crippen molar-refractivity contribution in [2.75, 3.05) is 5.32 Å². The molecule has 22 heavy (non-hydrogen) atoms. The van der Waals surface area contributed by atoms with Crippen molar-refractivity contribution in [3.8, 4) is 0 Å². The molecule has 0 heterocycles. The van der Waals surface area contributed by atoms with Crippen LogP contribution in [0.3, 0.4) is 0 Å². The van der Waals surface area contributed by atoms with Gasteiger partial charge in [0.15, 0.2) is 5.78 Å². The summed E-state index contributed by atoms with van der Waals surface area (Å²) in [5, 5.41) is 6.29. The predicted molar refractivity (Wildman–Crippen MR) is 88.8 cm³/mol. The maximum Gasteiger partial charge on any atom is 0.319 e. The predicted octanol–water partition coefficient (Wildman–Crippen LogP) is 4.52. The monoisotopic (exact) mass is 336 g/mol. The molecule has 0 radical (unpaired) electrons. The minimum absolute atomic E-state index is 0.0557. The highest BCUT2D eigenvalue weighted by atomic mass is 35.5. The molecule has 0 bridgehead atoms. The molecule has 0 fully saturated rings. The zero-order chi connectivity index (χ0) is 16.1. The largest absolute Gasteiger partial charge is 0.334 e. The fourth-order valence-electron chi connectivity index (χ4n) is 1.82. The van der Waals surface area contributed by atoms with E-state index in [4.69, 9.17) is 23.2 Å². The first kappa shape index (κ1) is 16.3. The summed E-state index contributed by atoms with van der Waals surface area (Å²) in [6, 6.07) is 11.5. The number of nitrogens with one attached hydrogen (secondary N) is 2. The van der Waals surface area contributed by atoms with E-state index in [1.165, 1.54) is 6.92 Å². The molecule has 2 aromatic rings. The van der Waals surface area contributed by atoms with Crippen LogP contribution in [0, 0.1) is 0 Å². The van der Waals surface area contributed by atoms with E-state index in [9.17, 15) is 9.59 Å². The van der Waals surface area contributed by atoms with Crippen LogP contribution in [0.25, 0.3) is 0 Å². The van der Waals surface area contributed by atoms with Crippen LogP contribution in [0.1, 0.15) is 22.8 Å². The average Bonchev–Trinajstić information content (AvgIpc) is 2.49. The lowest BCUT2D eigenvalue weighted by Gasteiger charge is -2.09. The molecule has 0 aliphatic rings. The van der Waals surface area contributed by atoms with Gasteiger partial charge >= 0.3 is 6.03 Å². The van der Waals surface area contributed by atoms with E-state index in [-0.39, 0.29) is 11.8 Å². The first-order valence-electron chi connectivity index (χ1n) is 6.55. The third-order valence-electron chi connectivity index (χ3n) is 2.96. The van der Waals surface area contributed by atoms with E-state index in [1.807, 2.05) is 0 Å². The van der Waals surface area contributed by atoms with Gasteiger partial charge in [0.25, 0.3) is 0 Å². The van der Waals surface area contributed by atoms with Crippen LogP contribution in [0.5, 0.6) is 0 Å². The number of anilines is 1. The van der Waals surface area contributed by atoms with Gasteiger partial charge in [-0.3, -0.25) is 4.79 Å². The third kappa shape index (κ3) is 4.48. The van der Waals surface area contributed by atoms with E-state index >= 15 is 0 Å². The van der Waals surface area contributed by atoms with Gasteiger partial charge in [-0.05, 0) is 36.8 Å². The normalized spacial score (nSPS) is 10.1. The van der Waals surface area contributed by atoms with Crippen molar-refractivity contribution in [1.82, 2.24) is 5.32 Å². The quantitative estimate of drug-likeness (QED) is 0.806. The van der Waals surface area contributed by atoms with Gasteiger partial charge in [-0.15, -0.1) is 0 Å². The standard InChI is InChI=1S/C16H14Cl2N2O2/c1-10(21)12-3-2-4-13(8-12)20-16(22)19-9-11-5-6-14(17)15(18)7-11/h2-8H,9H2,1H3,(H2,19,20,22). The highest BCUT2D eigenvalue weighted by molar-refractivity contribution is 6.42. The second kappa shape index (κ2) is 7.29. The first-order valence-corrected chi connectivity index (χ1v) is 7.31. The van der Waals surface area contributed by atoms with E-state index in [2.05, 4.69) is 10.6 Å². The summed E-state index contributed by atoms with van der Waals surface area (Å²) in [5.41, 5.74) is 1.93. The smallest absolute Gasteiger partial charge is 0.319 e. The molecule has 2 aromatic carbocycles. The maximum atomic E-state index is 11.9. The van der Waals surface area contributed by atoms with Crippen LogP contribution < -0.4 is 10.6 Å². The number of hydrogen-bond donors (Lipinski definition) is 2. The molecule has 6 heteroatoms. The van der Waals surface area contributed by atoms with E-state index in [1.54, 1.807) is 42.5 Å². The number of urea groups is 1. The summed E-state index contributed by atoms with van der Waals surface area (Å²) >= 11 is 11.7. The van der Waals surface area contributed by atoms with Gasteiger partial charge in [0, 0.05) is 17.8 Å². The second-order valence-electron chi connectivity index (χ2n) is 4.69. The number of Topliss-reactive ketones (excluding diaryl/α,β-unsaturated/α-hetero) is 1. The van der Waals surface area contributed by atoms with Crippen LogP contribution in [0.15, 0.2) is 42.5 Å². The minimum Gasteiger partial charge on any atom is -0.334 e. The van der Waals surface area contributed by atoms with Crippen LogP contribution >= 0.6 is 23.2 Å². The summed E-state index contributed by atoms with van der Waals surface area (Å²) in [6.07, 6.45) is 0. The van der Waals surface area contributed by atoms with Gasteiger partial charge in [0.1, 0.15) is 0 Å².